The van der Waals surface area contributed by atoms with Gasteiger partial charge in [-0.05, 0) is 25.0 Å². The van der Waals surface area contributed by atoms with Gasteiger partial charge in [-0.25, -0.2) is 9.97 Å². The smallest absolute Gasteiger partial charge is 0.222 e. The van der Waals surface area contributed by atoms with Crippen molar-refractivity contribution < 1.29 is 4.79 Å². The van der Waals surface area contributed by atoms with E-state index in [-0.39, 0.29) is 0 Å². The van der Waals surface area contributed by atoms with Crippen molar-refractivity contribution in [2.75, 3.05) is 5.32 Å². The number of hydrogen-bond donors (Lipinski definition) is 1. The van der Waals surface area contributed by atoms with Crippen LogP contribution in [0.15, 0.2) is 36.8 Å². The van der Waals surface area contributed by atoms with Crippen LogP contribution < -0.4 is 5.32 Å². The number of Topliss-reactive ketones (excluding diaryl/α,β-unsaturated/α-hetero) is 1. The normalized spacial score (nSPS) is 16.1. The molecule has 0 radical (unpaired) electrons. The first-order valence-electron chi connectivity index (χ1n) is 6.83. The van der Waals surface area contributed by atoms with E-state index in [1.54, 1.807) is 18.6 Å². The highest BCUT2D eigenvalue weighted by atomic mass is 16.1. The minimum atomic E-state index is 0.299. The average Bonchev–Trinajstić information content (AvgIpc) is 2.51. The Hall–Kier alpha value is -2.30. The Labute approximate surface area is 117 Å². The summed E-state index contributed by atoms with van der Waals surface area (Å²) in [7, 11) is 0. The fraction of sp³-hybridized carbons (Fsp3) is 0.333. The quantitative estimate of drug-likeness (QED) is 0.926. The van der Waals surface area contributed by atoms with Gasteiger partial charge in [0.1, 0.15) is 5.78 Å². The van der Waals surface area contributed by atoms with Crippen LogP contribution in [0, 0.1) is 0 Å². The molecule has 102 valence electrons. The highest BCUT2D eigenvalue weighted by Crippen LogP contribution is 2.19. The van der Waals surface area contributed by atoms with Gasteiger partial charge in [-0.15, -0.1) is 0 Å². The number of nitrogens with zero attached hydrogens (tertiary/aromatic N) is 3. The molecule has 1 aliphatic carbocycles. The summed E-state index contributed by atoms with van der Waals surface area (Å²) < 4.78 is 0. The number of rotatable bonds is 3. The first-order valence-corrected chi connectivity index (χ1v) is 6.83. The van der Waals surface area contributed by atoms with Crippen LogP contribution in [0.3, 0.4) is 0 Å². The molecule has 2 aromatic heterocycles. The van der Waals surface area contributed by atoms with Crippen LogP contribution in [0.5, 0.6) is 0 Å². The van der Waals surface area contributed by atoms with Gasteiger partial charge in [0.2, 0.25) is 5.95 Å². The van der Waals surface area contributed by atoms with Crippen molar-refractivity contribution in [1.29, 1.82) is 0 Å². The molecule has 1 aliphatic rings. The Bertz CT molecular complexity index is 573. The van der Waals surface area contributed by atoms with Gasteiger partial charge in [-0.2, -0.15) is 0 Å². The maximum absolute atomic E-state index is 11.2. The van der Waals surface area contributed by atoms with Gasteiger partial charge in [0, 0.05) is 43.0 Å². The molecule has 0 aromatic carbocycles. The molecule has 0 aliphatic heterocycles. The highest BCUT2D eigenvalue weighted by Gasteiger charge is 2.18. The van der Waals surface area contributed by atoms with Gasteiger partial charge in [-0.1, -0.05) is 6.07 Å². The fourth-order valence-corrected chi connectivity index (χ4v) is 2.34. The number of pyridine rings is 1. The Morgan fingerprint density at radius 3 is 2.45 bits per heavy atom. The van der Waals surface area contributed by atoms with Crippen molar-refractivity contribution in [3.63, 3.8) is 0 Å². The second-order valence-corrected chi connectivity index (χ2v) is 4.97. The molecule has 5 heteroatoms. The maximum atomic E-state index is 11.2. The molecular weight excluding hydrogens is 252 g/mol. The Morgan fingerprint density at radius 2 is 1.80 bits per heavy atom. The average molecular weight is 268 g/mol. The SMILES string of the molecule is O=C1CCC(Nc2ncc(-c3ccccn3)cn2)CC1. The minimum absolute atomic E-state index is 0.299. The highest BCUT2D eigenvalue weighted by molar-refractivity contribution is 5.79. The Balaban J connectivity index is 1.66. The van der Waals surface area contributed by atoms with E-state index < -0.39 is 0 Å². The molecule has 3 rings (SSSR count). The van der Waals surface area contributed by atoms with Gasteiger partial charge >= 0.3 is 0 Å². The second kappa shape index (κ2) is 5.77. The summed E-state index contributed by atoms with van der Waals surface area (Å²) in [6.45, 7) is 0. The van der Waals surface area contributed by atoms with Crippen LogP contribution in [-0.2, 0) is 4.79 Å². The zero-order valence-electron chi connectivity index (χ0n) is 11.1. The van der Waals surface area contributed by atoms with Crippen LogP contribution in [0.1, 0.15) is 25.7 Å². The van der Waals surface area contributed by atoms with Crippen LogP contribution in [0.4, 0.5) is 5.95 Å². The van der Waals surface area contributed by atoms with Gasteiger partial charge in [-0.3, -0.25) is 9.78 Å². The third-order valence-corrected chi connectivity index (χ3v) is 3.49. The monoisotopic (exact) mass is 268 g/mol. The molecule has 0 amide bonds. The molecule has 0 saturated heterocycles. The summed E-state index contributed by atoms with van der Waals surface area (Å²) in [4.78, 5) is 24.1. The van der Waals surface area contributed by atoms with Crippen molar-refractivity contribution in [1.82, 2.24) is 15.0 Å². The van der Waals surface area contributed by atoms with Crippen molar-refractivity contribution in [2.24, 2.45) is 0 Å². The number of aromatic nitrogens is 3. The zero-order valence-corrected chi connectivity index (χ0v) is 11.1. The number of ketones is 1. The first kappa shape index (κ1) is 12.7. The fourth-order valence-electron chi connectivity index (χ4n) is 2.34. The van der Waals surface area contributed by atoms with E-state index in [0.29, 0.717) is 30.6 Å². The van der Waals surface area contributed by atoms with Gasteiger partial charge < -0.3 is 5.32 Å². The van der Waals surface area contributed by atoms with Gasteiger partial charge in [0.05, 0.1) is 5.69 Å². The van der Waals surface area contributed by atoms with Crippen LogP contribution in [0.25, 0.3) is 11.3 Å². The Kier molecular flexibility index (Phi) is 3.67. The molecule has 1 fully saturated rings. The van der Waals surface area contributed by atoms with E-state index in [0.717, 1.165) is 24.1 Å². The summed E-state index contributed by atoms with van der Waals surface area (Å²) >= 11 is 0. The summed E-state index contributed by atoms with van der Waals surface area (Å²) in [5.74, 6) is 0.971. The van der Waals surface area contributed by atoms with Crippen LogP contribution >= 0.6 is 0 Å². The molecule has 0 atom stereocenters. The summed E-state index contributed by atoms with van der Waals surface area (Å²) in [6.07, 6.45) is 8.33. The number of hydrogen-bond acceptors (Lipinski definition) is 5. The molecule has 5 nitrogen and oxygen atoms in total. The Morgan fingerprint density at radius 1 is 1.05 bits per heavy atom. The topological polar surface area (TPSA) is 67.8 Å². The van der Waals surface area contributed by atoms with E-state index in [9.17, 15) is 4.79 Å². The number of anilines is 1. The number of carbonyl (C=O) groups excluding carboxylic acids is 1. The molecule has 0 unspecified atom stereocenters. The lowest BCUT2D eigenvalue weighted by Gasteiger charge is -2.21. The molecule has 1 N–H and O–H groups in total. The van der Waals surface area contributed by atoms with Crippen LogP contribution in [-0.4, -0.2) is 26.8 Å². The van der Waals surface area contributed by atoms with Crippen molar-refractivity contribution in [3.8, 4) is 11.3 Å². The van der Waals surface area contributed by atoms with Gasteiger partial charge in [0.15, 0.2) is 0 Å². The standard InChI is InChI=1S/C15H16N4O/c20-13-6-4-12(5-7-13)19-15-17-9-11(10-18-15)14-3-1-2-8-16-14/h1-3,8-10,12H,4-7H2,(H,17,18,19). The predicted octanol–water partition coefficient (Wildman–Crippen LogP) is 2.46. The first-order chi connectivity index (χ1) is 9.81. The lowest BCUT2D eigenvalue weighted by molar-refractivity contribution is -0.120. The van der Waals surface area contributed by atoms with E-state index in [4.69, 9.17) is 0 Å². The van der Waals surface area contributed by atoms with Gasteiger partial charge in [0.25, 0.3) is 0 Å². The molecule has 2 aromatic rings. The van der Waals surface area contributed by atoms with Crippen LogP contribution in [0.2, 0.25) is 0 Å². The predicted molar refractivity (Wildman–Crippen MR) is 76.1 cm³/mol. The minimum Gasteiger partial charge on any atom is -0.351 e. The molecule has 2 heterocycles. The largest absolute Gasteiger partial charge is 0.351 e. The lowest BCUT2D eigenvalue weighted by Crippen LogP contribution is -2.26. The van der Waals surface area contributed by atoms with E-state index in [2.05, 4.69) is 20.3 Å². The lowest BCUT2D eigenvalue weighted by atomic mass is 9.94. The summed E-state index contributed by atoms with van der Waals surface area (Å²) in [5.41, 5.74) is 1.76. The third-order valence-electron chi connectivity index (χ3n) is 3.49. The summed E-state index contributed by atoms with van der Waals surface area (Å²) in [6, 6.07) is 6.05. The summed E-state index contributed by atoms with van der Waals surface area (Å²) in [5, 5.41) is 3.29. The molecule has 1 saturated carbocycles. The van der Waals surface area contributed by atoms with Crippen molar-refractivity contribution >= 4 is 11.7 Å². The maximum Gasteiger partial charge on any atom is 0.222 e. The molecule has 0 spiro atoms. The number of carbonyl (C=O) groups is 1. The number of nitrogens with one attached hydrogen (secondary N) is 1. The van der Waals surface area contributed by atoms with E-state index in [1.165, 1.54) is 0 Å². The molecule has 0 bridgehead atoms. The second-order valence-electron chi connectivity index (χ2n) is 4.97. The molecular formula is C15H16N4O. The van der Waals surface area contributed by atoms with Crippen molar-refractivity contribution in [3.05, 3.63) is 36.8 Å². The molecule has 20 heavy (non-hydrogen) atoms. The zero-order chi connectivity index (χ0) is 13.8. The van der Waals surface area contributed by atoms with E-state index >= 15 is 0 Å². The third kappa shape index (κ3) is 2.99. The van der Waals surface area contributed by atoms with Crippen molar-refractivity contribution in [2.45, 2.75) is 31.7 Å². The van der Waals surface area contributed by atoms with E-state index in [1.807, 2.05) is 18.2 Å².